The van der Waals surface area contributed by atoms with Gasteiger partial charge in [0.2, 0.25) is 0 Å². The standard InChI is InChI=1S/C12H26N2O2/c1-4-15-7-5-6-14-9-11(8-13)16-12(2,3)10-14/h11H,4-10,13H2,1-3H3. The van der Waals surface area contributed by atoms with E-state index in [2.05, 4.69) is 18.7 Å². The van der Waals surface area contributed by atoms with Crippen molar-refractivity contribution >= 4 is 0 Å². The van der Waals surface area contributed by atoms with Crippen LogP contribution in [0.2, 0.25) is 0 Å². The fraction of sp³-hybridized carbons (Fsp3) is 1.00. The van der Waals surface area contributed by atoms with Gasteiger partial charge in [0.05, 0.1) is 11.7 Å². The molecule has 0 aliphatic carbocycles. The Kier molecular flexibility index (Phi) is 5.69. The number of morpholine rings is 1. The number of hydrogen-bond acceptors (Lipinski definition) is 4. The van der Waals surface area contributed by atoms with Crippen LogP contribution in [-0.4, -0.2) is 56.0 Å². The van der Waals surface area contributed by atoms with Gasteiger partial charge in [-0.3, -0.25) is 4.90 Å². The van der Waals surface area contributed by atoms with Crippen molar-refractivity contribution in [1.82, 2.24) is 4.90 Å². The van der Waals surface area contributed by atoms with Gasteiger partial charge in [-0.1, -0.05) is 0 Å². The van der Waals surface area contributed by atoms with Gasteiger partial charge in [0.25, 0.3) is 0 Å². The second kappa shape index (κ2) is 6.55. The molecule has 1 aliphatic rings. The molecule has 16 heavy (non-hydrogen) atoms. The van der Waals surface area contributed by atoms with E-state index in [1.54, 1.807) is 0 Å². The molecular formula is C12H26N2O2. The summed E-state index contributed by atoms with van der Waals surface area (Å²) in [5.41, 5.74) is 5.61. The van der Waals surface area contributed by atoms with Crippen LogP contribution in [-0.2, 0) is 9.47 Å². The third-order valence-electron chi connectivity index (χ3n) is 2.78. The van der Waals surface area contributed by atoms with Crippen molar-refractivity contribution < 1.29 is 9.47 Å². The molecule has 0 aromatic carbocycles. The smallest absolute Gasteiger partial charge is 0.0831 e. The molecule has 0 spiro atoms. The van der Waals surface area contributed by atoms with Crippen molar-refractivity contribution in [3.05, 3.63) is 0 Å². The quantitative estimate of drug-likeness (QED) is 0.687. The van der Waals surface area contributed by atoms with Crippen LogP contribution in [0.25, 0.3) is 0 Å². The zero-order chi connectivity index (χ0) is 12.0. The van der Waals surface area contributed by atoms with E-state index >= 15 is 0 Å². The number of rotatable bonds is 6. The highest BCUT2D eigenvalue weighted by Gasteiger charge is 2.32. The zero-order valence-corrected chi connectivity index (χ0v) is 10.9. The molecule has 0 amide bonds. The number of ether oxygens (including phenoxy) is 2. The molecule has 0 radical (unpaired) electrons. The first-order valence-electron chi connectivity index (χ1n) is 6.25. The minimum atomic E-state index is -0.0755. The SMILES string of the molecule is CCOCCCN1CC(CN)OC(C)(C)C1. The summed E-state index contributed by atoms with van der Waals surface area (Å²) in [5, 5.41) is 0. The minimum Gasteiger partial charge on any atom is -0.382 e. The molecule has 96 valence electrons. The molecule has 1 rings (SSSR count). The first kappa shape index (κ1) is 13.9. The second-order valence-corrected chi connectivity index (χ2v) is 5.02. The molecule has 1 unspecified atom stereocenters. The topological polar surface area (TPSA) is 47.7 Å². The maximum Gasteiger partial charge on any atom is 0.0831 e. The van der Waals surface area contributed by atoms with Crippen LogP contribution in [0, 0.1) is 0 Å². The van der Waals surface area contributed by atoms with Crippen LogP contribution in [0.15, 0.2) is 0 Å². The molecular weight excluding hydrogens is 204 g/mol. The molecule has 0 aromatic rings. The predicted octanol–water partition coefficient (Wildman–Crippen LogP) is 0.851. The summed E-state index contributed by atoms with van der Waals surface area (Å²) < 4.78 is 11.2. The van der Waals surface area contributed by atoms with Gasteiger partial charge in [0.15, 0.2) is 0 Å². The molecule has 1 saturated heterocycles. The Morgan fingerprint density at radius 1 is 1.50 bits per heavy atom. The average molecular weight is 230 g/mol. The summed E-state index contributed by atoms with van der Waals surface area (Å²) in [7, 11) is 0. The van der Waals surface area contributed by atoms with E-state index in [-0.39, 0.29) is 11.7 Å². The molecule has 4 heteroatoms. The second-order valence-electron chi connectivity index (χ2n) is 5.02. The largest absolute Gasteiger partial charge is 0.382 e. The van der Waals surface area contributed by atoms with Crippen LogP contribution >= 0.6 is 0 Å². The molecule has 1 aliphatic heterocycles. The lowest BCUT2D eigenvalue weighted by Gasteiger charge is -2.42. The highest BCUT2D eigenvalue weighted by Crippen LogP contribution is 2.20. The van der Waals surface area contributed by atoms with E-state index in [0.29, 0.717) is 6.54 Å². The Balaban J connectivity index is 2.29. The summed E-state index contributed by atoms with van der Waals surface area (Å²) in [5.74, 6) is 0. The highest BCUT2D eigenvalue weighted by atomic mass is 16.5. The van der Waals surface area contributed by atoms with E-state index in [9.17, 15) is 0 Å². The Hall–Kier alpha value is -0.160. The van der Waals surface area contributed by atoms with Crippen LogP contribution < -0.4 is 5.73 Å². The van der Waals surface area contributed by atoms with Crippen LogP contribution in [0.5, 0.6) is 0 Å². The van der Waals surface area contributed by atoms with Crippen molar-refractivity contribution in [3.63, 3.8) is 0 Å². The summed E-state index contributed by atoms with van der Waals surface area (Å²) >= 11 is 0. The van der Waals surface area contributed by atoms with Gasteiger partial charge in [-0.05, 0) is 27.2 Å². The van der Waals surface area contributed by atoms with Crippen molar-refractivity contribution in [2.75, 3.05) is 39.4 Å². The van der Waals surface area contributed by atoms with E-state index in [4.69, 9.17) is 15.2 Å². The van der Waals surface area contributed by atoms with Gasteiger partial charge in [-0.2, -0.15) is 0 Å². The third kappa shape index (κ3) is 4.78. The molecule has 1 heterocycles. The first-order chi connectivity index (χ1) is 7.57. The van der Waals surface area contributed by atoms with E-state index < -0.39 is 0 Å². The summed E-state index contributed by atoms with van der Waals surface area (Å²) in [6.45, 7) is 11.6. The molecule has 2 N–H and O–H groups in total. The Morgan fingerprint density at radius 2 is 2.25 bits per heavy atom. The number of nitrogens with zero attached hydrogens (tertiary/aromatic N) is 1. The predicted molar refractivity (Wildman–Crippen MR) is 65.6 cm³/mol. The third-order valence-corrected chi connectivity index (χ3v) is 2.78. The van der Waals surface area contributed by atoms with Crippen molar-refractivity contribution in [2.45, 2.75) is 38.9 Å². The van der Waals surface area contributed by atoms with Crippen molar-refractivity contribution in [1.29, 1.82) is 0 Å². The van der Waals surface area contributed by atoms with Crippen LogP contribution in [0.3, 0.4) is 0 Å². The molecule has 1 fully saturated rings. The lowest BCUT2D eigenvalue weighted by molar-refractivity contribution is -0.132. The molecule has 0 saturated carbocycles. The first-order valence-corrected chi connectivity index (χ1v) is 6.25. The lowest BCUT2D eigenvalue weighted by atomic mass is 10.0. The fourth-order valence-electron chi connectivity index (χ4n) is 2.24. The zero-order valence-electron chi connectivity index (χ0n) is 10.9. The van der Waals surface area contributed by atoms with Gasteiger partial charge in [0, 0.05) is 39.4 Å². The van der Waals surface area contributed by atoms with Gasteiger partial charge in [-0.15, -0.1) is 0 Å². The fourth-order valence-corrected chi connectivity index (χ4v) is 2.24. The summed E-state index contributed by atoms with van der Waals surface area (Å²) in [6, 6.07) is 0. The summed E-state index contributed by atoms with van der Waals surface area (Å²) in [4.78, 5) is 2.43. The molecule has 0 bridgehead atoms. The summed E-state index contributed by atoms with van der Waals surface area (Å²) in [6.07, 6.45) is 1.26. The van der Waals surface area contributed by atoms with Gasteiger partial charge >= 0.3 is 0 Å². The maximum absolute atomic E-state index is 5.88. The van der Waals surface area contributed by atoms with E-state index in [1.165, 1.54) is 0 Å². The Bertz CT molecular complexity index is 197. The van der Waals surface area contributed by atoms with E-state index in [0.717, 1.165) is 39.3 Å². The van der Waals surface area contributed by atoms with E-state index in [1.807, 2.05) is 6.92 Å². The molecule has 4 nitrogen and oxygen atoms in total. The molecule has 1 atom stereocenters. The number of nitrogens with two attached hydrogens (primary N) is 1. The Morgan fingerprint density at radius 3 is 2.88 bits per heavy atom. The minimum absolute atomic E-state index is 0.0755. The van der Waals surface area contributed by atoms with Crippen LogP contribution in [0.4, 0.5) is 0 Å². The van der Waals surface area contributed by atoms with Gasteiger partial charge < -0.3 is 15.2 Å². The Labute approximate surface area is 99.1 Å². The van der Waals surface area contributed by atoms with Crippen molar-refractivity contribution in [2.24, 2.45) is 5.73 Å². The number of hydrogen-bond donors (Lipinski definition) is 1. The van der Waals surface area contributed by atoms with Crippen molar-refractivity contribution in [3.8, 4) is 0 Å². The van der Waals surface area contributed by atoms with Gasteiger partial charge in [0.1, 0.15) is 0 Å². The average Bonchev–Trinajstić information content (AvgIpc) is 2.22. The maximum atomic E-state index is 5.88. The molecule has 0 aromatic heterocycles. The highest BCUT2D eigenvalue weighted by molar-refractivity contribution is 4.84. The normalized spacial score (nSPS) is 25.9. The lowest BCUT2D eigenvalue weighted by Crippen LogP contribution is -2.54. The monoisotopic (exact) mass is 230 g/mol. The van der Waals surface area contributed by atoms with Gasteiger partial charge in [-0.25, -0.2) is 0 Å². The van der Waals surface area contributed by atoms with Crippen LogP contribution in [0.1, 0.15) is 27.2 Å².